The molecule has 3 rings (SSSR count). The molecule has 1 aliphatic rings. The number of nitrogens with one attached hydrogen (secondary N) is 2. The first-order chi connectivity index (χ1) is 13.4. The molecule has 0 bridgehead atoms. The number of carbonyl (C=O) groups is 2. The van der Waals surface area contributed by atoms with Crippen LogP contribution in [0.1, 0.15) is 81.0 Å². The number of halogens is 2. The van der Waals surface area contributed by atoms with Crippen LogP contribution in [0.4, 0.5) is 0 Å². The highest BCUT2D eigenvalue weighted by atomic mass is 79.9. The summed E-state index contributed by atoms with van der Waals surface area (Å²) in [6.07, 6.45) is 2.48. The van der Waals surface area contributed by atoms with E-state index in [-0.39, 0.29) is 28.3 Å². The maximum Gasteiger partial charge on any atom is 0.252 e. The van der Waals surface area contributed by atoms with Crippen LogP contribution in [0.3, 0.4) is 0 Å². The third kappa shape index (κ3) is 3.16. The topological polar surface area (TPSA) is 99.9 Å². The number of aromatic amines is 2. The normalized spacial score (nSPS) is 12.9. The molecule has 2 aromatic rings. The van der Waals surface area contributed by atoms with Gasteiger partial charge < -0.3 is 9.97 Å². The lowest BCUT2D eigenvalue weighted by atomic mass is 9.81. The van der Waals surface area contributed by atoms with Gasteiger partial charge in [0, 0.05) is 21.8 Å². The average molecular weight is 512 g/mol. The van der Waals surface area contributed by atoms with Gasteiger partial charge in [0.25, 0.3) is 11.1 Å². The second kappa shape index (κ2) is 8.29. The average Bonchev–Trinajstić information content (AvgIpc) is 2.66. The summed E-state index contributed by atoms with van der Waals surface area (Å²) in [5, 5.41) is 0.582. The van der Waals surface area contributed by atoms with E-state index in [2.05, 4.69) is 41.8 Å². The number of fused-ring (bicyclic) bond motifs is 2. The molecule has 0 aliphatic heterocycles. The Labute approximate surface area is 178 Å². The second-order valence-corrected chi connectivity index (χ2v) is 7.87. The van der Waals surface area contributed by atoms with Crippen molar-refractivity contribution in [3.05, 3.63) is 65.5 Å². The minimum atomic E-state index is -0.518. The third-order valence-electron chi connectivity index (χ3n) is 5.03. The van der Waals surface area contributed by atoms with E-state index in [0.29, 0.717) is 45.8 Å². The Morgan fingerprint density at radius 2 is 1.04 bits per heavy atom. The molecule has 0 amide bonds. The van der Waals surface area contributed by atoms with Gasteiger partial charge >= 0.3 is 0 Å². The molecule has 28 heavy (non-hydrogen) atoms. The Hall–Kier alpha value is -1.80. The number of rotatable bonds is 6. The Bertz CT molecular complexity index is 1020. The zero-order valence-corrected chi connectivity index (χ0v) is 18.8. The van der Waals surface area contributed by atoms with Gasteiger partial charge in [0.1, 0.15) is 11.4 Å². The molecule has 2 N–H and O–H groups in total. The van der Waals surface area contributed by atoms with Gasteiger partial charge in [-0.1, -0.05) is 58.5 Å². The number of aromatic nitrogens is 2. The highest BCUT2D eigenvalue weighted by Gasteiger charge is 2.37. The highest BCUT2D eigenvalue weighted by Crippen LogP contribution is 2.32. The van der Waals surface area contributed by atoms with Crippen molar-refractivity contribution >= 4 is 43.4 Å². The summed E-state index contributed by atoms with van der Waals surface area (Å²) in [6, 6.07) is 0. The minimum Gasteiger partial charge on any atom is -0.318 e. The molecule has 1 aliphatic carbocycles. The minimum absolute atomic E-state index is 0.0275. The molecule has 2 heterocycles. The van der Waals surface area contributed by atoms with E-state index in [1.165, 1.54) is 0 Å². The molecule has 8 heteroatoms. The van der Waals surface area contributed by atoms with E-state index in [1.54, 1.807) is 0 Å². The molecule has 0 aromatic carbocycles. The molecular formula is C20H20Br2N2O4. The number of hydrogen-bond donors (Lipinski definition) is 2. The fourth-order valence-electron chi connectivity index (χ4n) is 3.81. The predicted octanol–water partition coefficient (Wildman–Crippen LogP) is 3.53. The van der Waals surface area contributed by atoms with Crippen LogP contribution in [-0.2, 0) is 23.5 Å². The van der Waals surface area contributed by atoms with Crippen LogP contribution in [0.5, 0.6) is 0 Å². The summed E-state index contributed by atoms with van der Waals surface area (Å²) < 4.78 is 0. The first-order valence-corrected chi connectivity index (χ1v) is 11.4. The number of alkyl halides is 2. The lowest BCUT2D eigenvalue weighted by Gasteiger charge is -2.24. The van der Waals surface area contributed by atoms with Gasteiger partial charge in [0.05, 0.1) is 11.1 Å². The molecular weight excluding hydrogens is 492 g/mol. The first-order valence-electron chi connectivity index (χ1n) is 9.18. The fourth-order valence-corrected chi connectivity index (χ4v) is 4.99. The Morgan fingerprint density at radius 3 is 1.36 bits per heavy atom. The standard InChI is InChI=1S/C20H20Br2N2O4/c1-3-5-9-11(7-21)19(27)23-15-13(9)17(25)14-10(6-4-2)12(8-22)20(28)24-16(14)18(15)26/h3-8H2,1-2H3,(H,23,27)(H,24,28). The number of pyridine rings is 2. The molecule has 2 aromatic heterocycles. The molecule has 0 spiro atoms. The van der Waals surface area contributed by atoms with Crippen LogP contribution in [0, 0.1) is 0 Å². The van der Waals surface area contributed by atoms with E-state index >= 15 is 0 Å². The van der Waals surface area contributed by atoms with Gasteiger partial charge in [0.2, 0.25) is 5.78 Å². The van der Waals surface area contributed by atoms with Gasteiger partial charge in [-0.05, 0) is 24.0 Å². The lowest BCUT2D eigenvalue weighted by molar-refractivity contribution is 0.0969. The molecule has 0 saturated heterocycles. The Morgan fingerprint density at radius 1 is 0.643 bits per heavy atom. The van der Waals surface area contributed by atoms with Crippen molar-refractivity contribution in [2.45, 2.75) is 50.2 Å². The molecule has 0 radical (unpaired) electrons. The monoisotopic (exact) mass is 510 g/mol. The van der Waals surface area contributed by atoms with Crippen molar-refractivity contribution in [1.29, 1.82) is 0 Å². The van der Waals surface area contributed by atoms with E-state index in [4.69, 9.17) is 0 Å². The van der Waals surface area contributed by atoms with Crippen molar-refractivity contribution in [3.63, 3.8) is 0 Å². The van der Waals surface area contributed by atoms with E-state index < -0.39 is 16.9 Å². The molecule has 148 valence electrons. The first kappa shape index (κ1) is 20.9. The third-order valence-corrected chi connectivity index (χ3v) is 6.15. The van der Waals surface area contributed by atoms with Gasteiger partial charge in [-0.3, -0.25) is 19.2 Å². The molecule has 6 nitrogen and oxygen atoms in total. The SMILES string of the molecule is CCCc1c2c([nH]c(=O)c1CBr)C(=O)c1[nH]c(=O)c(CBr)c(CCC)c1C2=O. The van der Waals surface area contributed by atoms with Gasteiger partial charge in [-0.2, -0.15) is 0 Å². The fraction of sp³-hybridized carbons (Fsp3) is 0.400. The number of H-pyrrole nitrogens is 2. The number of hydrogen-bond acceptors (Lipinski definition) is 4. The van der Waals surface area contributed by atoms with Crippen LogP contribution >= 0.6 is 31.9 Å². The predicted molar refractivity (Wildman–Crippen MR) is 114 cm³/mol. The van der Waals surface area contributed by atoms with Gasteiger partial charge in [-0.15, -0.1) is 0 Å². The van der Waals surface area contributed by atoms with Crippen LogP contribution in [0.15, 0.2) is 9.59 Å². The molecule has 0 saturated carbocycles. The quantitative estimate of drug-likeness (QED) is 0.494. The van der Waals surface area contributed by atoms with Gasteiger partial charge in [0.15, 0.2) is 5.78 Å². The zero-order valence-electron chi connectivity index (χ0n) is 15.6. The summed E-state index contributed by atoms with van der Waals surface area (Å²) in [6.45, 7) is 3.91. The highest BCUT2D eigenvalue weighted by molar-refractivity contribution is 9.08. The van der Waals surface area contributed by atoms with Crippen LogP contribution < -0.4 is 11.1 Å². The zero-order chi connectivity index (χ0) is 20.6. The van der Waals surface area contributed by atoms with E-state index in [9.17, 15) is 19.2 Å². The van der Waals surface area contributed by atoms with E-state index in [1.807, 2.05) is 13.8 Å². The van der Waals surface area contributed by atoms with Crippen molar-refractivity contribution in [1.82, 2.24) is 9.97 Å². The van der Waals surface area contributed by atoms with Crippen LogP contribution in [0.2, 0.25) is 0 Å². The summed E-state index contributed by atoms with van der Waals surface area (Å²) in [5.74, 6) is -0.829. The Kier molecular flexibility index (Phi) is 6.19. The molecule has 0 fully saturated rings. The van der Waals surface area contributed by atoms with Crippen molar-refractivity contribution in [2.24, 2.45) is 0 Å². The van der Waals surface area contributed by atoms with Gasteiger partial charge in [-0.25, -0.2) is 0 Å². The Balaban J connectivity index is 2.43. The summed E-state index contributed by atoms with van der Waals surface area (Å²) in [5.41, 5.74) is 1.83. The molecule has 0 atom stereocenters. The van der Waals surface area contributed by atoms with Crippen molar-refractivity contribution < 1.29 is 9.59 Å². The maximum absolute atomic E-state index is 13.6. The summed E-state index contributed by atoms with van der Waals surface area (Å²) in [4.78, 5) is 56.9. The van der Waals surface area contributed by atoms with Crippen molar-refractivity contribution in [2.75, 3.05) is 0 Å². The maximum atomic E-state index is 13.6. The summed E-state index contributed by atoms with van der Waals surface area (Å²) >= 11 is 6.65. The van der Waals surface area contributed by atoms with E-state index in [0.717, 1.165) is 12.8 Å². The van der Waals surface area contributed by atoms with Crippen LogP contribution in [0.25, 0.3) is 0 Å². The van der Waals surface area contributed by atoms with Crippen LogP contribution in [-0.4, -0.2) is 21.5 Å². The smallest absolute Gasteiger partial charge is 0.252 e. The number of ketones is 2. The lowest BCUT2D eigenvalue weighted by Crippen LogP contribution is -2.34. The second-order valence-electron chi connectivity index (χ2n) is 6.75. The van der Waals surface area contributed by atoms with Crippen molar-refractivity contribution in [3.8, 4) is 0 Å². The number of carbonyl (C=O) groups excluding carboxylic acids is 2. The largest absolute Gasteiger partial charge is 0.318 e. The molecule has 0 unspecified atom stereocenters. The summed E-state index contributed by atoms with van der Waals surface area (Å²) in [7, 11) is 0.